The van der Waals surface area contributed by atoms with E-state index >= 15 is 0 Å². The minimum atomic E-state index is 0.478. The van der Waals surface area contributed by atoms with E-state index in [1.807, 2.05) is 12.1 Å². The molecule has 0 fully saturated rings. The molecule has 0 aliphatic heterocycles. The van der Waals surface area contributed by atoms with E-state index in [0.717, 1.165) is 23.1 Å². The van der Waals surface area contributed by atoms with Gasteiger partial charge in [0.25, 0.3) is 0 Å². The summed E-state index contributed by atoms with van der Waals surface area (Å²) in [6.45, 7) is 8.64. The number of hydrogen-bond donors (Lipinski definition) is 1. The van der Waals surface area contributed by atoms with Crippen molar-refractivity contribution in [2.24, 2.45) is 5.92 Å². The van der Waals surface area contributed by atoms with Crippen molar-refractivity contribution in [3.05, 3.63) is 23.4 Å². The molecule has 0 aliphatic carbocycles. The first kappa shape index (κ1) is 13.8. The highest BCUT2D eigenvalue weighted by molar-refractivity contribution is 8.00. The van der Waals surface area contributed by atoms with E-state index in [1.165, 1.54) is 0 Å². The highest BCUT2D eigenvalue weighted by Crippen LogP contribution is 2.27. The van der Waals surface area contributed by atoms with Gasteiger partial charge in [0.15, 0.2) is 0 Å². The fourth-order valence-electron chi connectivity index (χ4n) is 1.27. The van der Waals surface area contributed by atoms with Crippen LogP contribution in [-0.2, 0) is 0 Å². The van der Waals surface area contributed by atoms with Crippen molar-refractivity contribution < 1.29 is 0 Å². The Kier molecular flexibility index (Phi) is 6.17. The summed E-state index contributed by atoms with van der Waals surface area (Å²) in [4.78, 5) is 4.26. The van der Waals surface area contributed by atoms with Crippen molar-refractivity contribution in [1.82, 2.24) is 10.3 Å². The van der Waals surface area contributed by atoms with Crippen molar-refractivity contribution in [1.29, 1.82) is 0 Å². The molecule has 1 N–H and O–H groups in total. The molecule has 0 saturated heterocycles. The molecule has 1 unspecified atom stereocenters. The van der Waals surface area contributed by atoms with E-state index in [0.29, 0.717) is 11.2 Å². The molecular formula is C12H19ClN2S. The second-order valence-electron chi connectivity index (χ2n) is 4.27. The summed E-state index contributed by atoms with van der Waals surface area (Å²) in [5, 5.41) is 5.57. The van der Waals surface area contributed by atoms with Crippen LogP contribution in [0.15, 0.2) is 23.4 Å². The molecule has 0 aromatic carbocycles. The molecule has 0 bridgehead atoms. The maximum Gasteiger partial charge on any atom is 0.115 e. The van der Waals surface area contributed by atoms with E-state index in [4.69, 9.17) is 11.6 Å². The highest BCUT2D eigenvalue weighted by Gasteiger charge is 2.08. The fourth-order valence-corrected chi connectivity index (χ4v) is 2.41. The third-order valence-corrected chi connectivity index (χ3v) is 3.56. The van der Waals surface area contributed by atoms with Crippen LogP contribution in [0.4, 0.5) is 0 Å². The van der Waals surface area contributed by atoms with Gasteiger partial charge in [0.1, 0.15) is 5.03 Å². The summed E-state index contributed by atoms with van der Waals surface area (Å²) in [7, 11) is 0. The van der Waals surface area contributed by atoms with Crippen LogP contribution in [0.2, 0.25) is 5.02 Å². The van der Waals surface area contributed by atoms with Gasteiger partial charge in [-0.25, -0.2) is 4.98 Å². The molecule has 16 heavy (non-hydrogen) atoms. The summed E-state index contributed by atoms with van der Waals surface area (Å²) in [5.74, 6) is 0.690. The van der Waals surface area contributed by atoms with Gasteiger partial charge in [-0.05, 0) is 24.6 Å². The monoisotopic (exact) mass is 258 g/mol. The number of pyridine rings is 1. The highest BCUT2D eigenvalue weighted by atomic mass is 35.5. The Morgan fingerprint density at radius 1 is 1.38 bits per heavy atom. The van der Waals surface area contributed by atoms with Crippen LogP contribution in [0.1, 0.15) is 20.8 Å². The van der Waals surface area contributed by atoms with Gasteiger partial charge in [-0.15, -0.1) is 11.8 Å². The summed E-state index contributed by atoms with van der Waals surface area (Å²) < 4.78 is 0. The molecule has 0 saturated carbocycles. The van der Waals surface area contributed by atoms with Crippen molar-refractivity contribution >= 4 is 23.4 Å². The summed E-state index contributed by atoms with van der Waals surface area (Å²) >= 11 is 7.77. The summed E-state index contributed by atoms with van der Waals surface area (Å²) in [5.41, 5.74) is 0. The zero-order chi connectivity index (χ0) is 12.0. The predicted octanol–water partition coefficient (Wildman–Crippen LogP) is 3.46. The third-order valence-electron chi connectivity index (χ3n) is 2.02. The van der Waals surface area contributed by atoms with Crippen LogP contribution in [-0.4, -0.2) is 23.3 Å². The zero-order valence-electron chi connectivity index (χ0n) is 10.0. The molecule has 0 radical (unpaired) electrons. The van der Waals surface area contributed by atoms with E-state index in [1.54, 1.807) is 18.0 Å². The molecule has 1 aromatic heterocycles. The first-order valence-corrected chi connectivity index (χ1v) is 6.83. The Labute approximate surface area is 107 Å². The van der Waals surface area contributed by atoms with Crippen molar-refractivity contribution in [2.75, 3.05) is 13.1 Å². The minimum Gasteiger partial charge on any atom is -0.315 e. The molecule has 1 rings (SSSR count). The van der Waals surface area contributed by atoms with Crippen LogP contribution >= 0.6 is 23.4 Å². The van der Waals surface area contributed by atoms with Gasteiger partial charge in [0, 0.05) is 18.0 Å². The number of halogens is 1. The van der Waals surface area contributed by atoms with Crippen LogP contribution in [0.25, 0.3) is 0 Å². The predicted molar refractivity (Wildman–Crippen MR) is 72.3 cm³/mol. The number of rotatable bonds is 6. The minimum absolute atomic E-state index is 0.478. The van der Waals surface area contributed by atoms with Crippen LogP contribution < -0.4 is 5.32 Å². The summed E-state index contributed by atoms with van der Waals surface area (Å²) in [6.07, 6.45) is 1.78. The topological polar surface area (TPSA) is 24.9 Å². The van der Waals surface area contributed by atoms with Crippen LogP contribution in [0.5, 0.6) is 0 Å². The Morgan fingerprint density at radius 2 is 2.12 bits per heavy atom. The largest absolute Gasteiger partial charge is 0.315 e. The molecule has 0 spiro atoms. The lowest BCUT2D eigenvalue weighted by Crippen LogP contribution is -2.26. The van der Waals surface area contributed by atoms with E-state index in [-0.39, 0.29) is 0 Å². The van der Waals surface area contributed by atoms with Gasteiger partial charge in [0.2, 0.25) is 0 Å². The van der Waals surface area contributed by atoms with E-state index < -0.39 is 0 Å². The smallest absolute Gasteiger partial charge is 0.115 e. The summed E-state index contributed by atoms with van der Waals surface area (Å²) in [6, 6.07) is 3.74. The molecule has 0 aliphatic rings. The quantitative estimate of drug-likeness (QED) is 0.791. The maximum atomic E-state index is 6.05. The van der Waals surface area contributed by atoms with Crippen LogP contribution in [0, 0.1) is 5.92 Å². The van der Waals surface area contributed by atoms with Crippen molar-refractivity contribution in [2.45, 2.75) is 31.0 Å². The van der Waals surface area contributed by atoms with Gasteiger partial charge in [-0.2, -0.15) is 0 Å². The van der Waals surface area contributed by atoms with Gasteiger partial charge in [0.05, 0.1) is 5.02 Å². The fraction of sp³-hybridized carbons (Fsp3) is 0.583. The Balaban J connectivity index is 2.34. The Bertz CT molecular complexity index is 318. The molecule has 1 heterocycles. The second-order valence-corrected chi connectivity index (χ2v) is 6.11. The van der Waals surface area contributed by atoms with Gasteiger partial charge < -0.3 is 5.32 Å². The lowest BCUT2D eigenvalue weighted by Gasteiger charge is -2.13. The number of aromatic nitrogens is 1. The molecule has 90 valence electrons. The van der Waals surface area contributed by atoms with Gasteiger partial charge in [-0.1, -0.05) is 32.4 Å². The molecule has 1 atom stereocenters. The van der Waals surface area contributed by atoms with Crippen LogP contribution in [0.3, 0.4) is 0 Å². The molecule has 0 amide bonds. The second kappa shape index (κ2) is 7.15. The lowest BCUT2D eigenvalue weighted by molar-refractivity contribution is 0.554. The van der Waals surface area contributed by atoms with Gasteiger partial charge >= 0.3 is 0 Å². The van der Waals surface area contributed by atoms with Crippen molar-refractivity contribution in [3.63, 3.8) is 0 Å². The molecular weight excluding hydrogens is 240 g/mol. The number of thioether (sulfide) groups is 1. The van der Waals surface area contributed by atoms with Gasteiger partial charge in [-0.3, -0.25) is 0 Å². The Hall–Kier alpha value is -0.250. The Morgan fingerprint density at radius 3 is 2.75 bits per heavy atom. The van der Waals surface area contributed by atoms with E-state index in [2.05, 4.69) is 31.1 Å². The maximum absolute atomic E-state index is 6.05. The number of hydrogen-bond acceptors (Lipinski definition) is 3. The first-order chi connectivity index (χ1) is 7.59. The molecule has 1 aromatic rings. The number of nitrogens with zero attached hydrogens (tertiary/aromatic N) is 1. The molecule has 4 heteroatoms. The SMILES string of the molecule is CC(C)CNCC(C)Sc1ncccc1Cl. The average molecular weight is 259 g/mol. The molecule has 2 nitrogen and oxygen atoms in total. The zero-order valence-corrected chi connectivity index (χ0v) is 11.6. The van der Waals surface area contributed by atoms with Crippen molar-refractivity contribution in [3.8, 4) is 0 Å². The first-order valence-electron chi connectivity index (χ1n) is 5.57. The van der Waals surface area contributed by atoms with E-state index in [9.17, 15) is 0 Å². The third kappa shape index (κ3) is 5.19. The lowest BCUT2D eigenvalue weighted by atomic mass is 10.2. The number of nitrogens with one attached hydrogen (secondary N) is 1. The standard InChI is InChI=1S/C12H19ClN2S/c1-9(2)7-14-8-10(3)16-12-11(13)5-4-6-15-12/h4-6,9-10,14H,7-8H2,1-3H3. The average Bonchev–Trinajstić information content (AvgIpc) is 2.21. The normalized spacial score (nSPS) is 13.1.